The standard InChI is InChI=1S/C20H30N4O2/c1-15(23-13-9-16(10-14-23)19(21)25)20(26)22-17-5-7-18(8-6-17)24-11-3-2-4-12-24/h5-8,15-16H,2-4,9-14H2,1H3,(H2,21,25)(H,22,26). The number of amides is 2. The monoisotopic (exact) mass is 358 g/mol. The number of primary amides is 1. The molecule has 0 bridgehead atoms. The summed E-state index contributed by atoms with van der Waals surface area (Å²) >= 11 is 0. The number of nitrogens with two attached hydrogens (primary N) is 1. The molecule has 3 N–H and O–H groups in total. The molecule has 2 aliphatic rings. The van der Waals surface area contributed by atoms with Gasteiger partial charge in [-0.25, -0.2) is 0 Å². The van der Waals surface area contributed by atoms with Crippen molar-refractivity contribution in [2.24, 2.45) is 11.7 Å². The lowest BCUT2D eigenvalue weighted by Crippen LogP contribution is -2.47. The van der Waals surface area contributed by atoms with Gasteiger partial charge in [0, 0.05) is 30.4 Å². The minimum atomic E-state index is -0.226. The van der Waals surface area contributed by atoms with Gasteiger partial charge in [-0.15, -0.1) is 0 Å². The topological polar surface area (TPSA) is 78.7 Å². The summed E-state index contributed by atoms with van der Waals surface area (Å²) < 4.78 is 0. The van der Waals surface area contributed by atoms with Crippen LogP contribution in [0, 0.1) is 5.92 Å². The number of likely N-dealkylation sites (tertiary alicyclic amines) is 1. The maximum atomic E-state index is 12.6. The van der Waals surface area contributed by atoms with E-state index >= 15 is 0 Å². The molecule has 3 rings (SSSR count). The number of benzene rings is 1. The Bertz CT molecular complexity index is 617. The van der Waals surface area contributed by atoms with E-state index in [0.29, 0.717) is 0 Å². The van der Waals surface area contributed by atoms with Crippen LogP contribution < -0.4 is 16.0 Å². The lowest BCUT2D eigenvalue weighted by atomic mass is 9.95. The highest BCUT2D eigenvalue weighted by molar-refractivity contribution is 5.94. The van der Waals surface area contributed by atoms with Crippen LogP contribution in [0.4, 0.5) is 11.4 Å². The van der Waals surface area contributed by atoms with Crippen molar-refractivity contribution in [3.63, 3.8) is 0 Å². The number of hydrogen-bond acceptors (Lipinski definition) is 4. The summed E-state index contributed by atoms with van der Waals surface area (Å²) in [4.78, 5) is 28.4. The van der Waals surface area contributed by atoms with Crippen molar-refractivity contribution in [3.8, 4) is 0 Å². The molecule has 0 aromatic heterocycles. The Morgan fingerprint density at radius 1 is 1.04 bits per heavy atom. The van der Waals surface area contributed by atoms with Crippen LogP contribution in [-0.4, -0.2) is 48.9 Å². The fraction of sp³-hybridized carbons (Fsp3) is 0.600. The number of nitrogens with zero attached hydrogens (tertiary/aromatic N) is 2. The average molecular weight is 358 g/mol. The summed E-state index contributed by atoms with van der Waals surface area (Å²) in [5.41, 5.74) is 7.43. The van der Waals surface area contributed by atoms with E-state index in [1.54, 1.807) is 0 Å². The molecule has 1 atom stereocenters. The highest BCUT2D eigenvalue weighted by atomic mass is 16.2. The molecule has 1 aromatic carbocycles. The van der Waals surface area contributed by atoms with Gasteiger partial charge in [0.1, 0.15) is 0 Å². The molecule has 2 aliphatic heterocycles. The second-order valence-electron chi connectivity index (χ2n) is 7.47. The van der Waals surface area contributed by atoms with Gasteiger partial charge in [0.2, 0.25) is 11.8 Å². The maximum absolute atomic E-state index is 12.6. The molecule has 142 valence electrons. The molecule has 6 heteroatoms. The third kappa shape index (κ3) is 4.55. The molecule has 2 heterocycles. The molecule has 2 amide bonds. The average Bonchev–Trinajstić information content (AvgIpc) is 2.68. The first kappa shape index (κ1) is 18.7. The van der Waals surface area contributed by atoms with Crippen LogP contribution in [0.15, 0.2) is 24.3 Å². The van der Waals surface area contributed by atoms with Crippen LogP contribution in [0.2, 0.25) is 0 Å². The van der Waals surface area contributed by atoms with Crippen molar-refractivity contribution >= 4 is 23.2 Å². The van der Waals surface area contributed by atoms with E-state index in [4.69, 9.17) is 5.73 Å². The fourth-order valence-corrected chi connectivity index (χ4v) is 3.89. The predicted molar refractivity (Wildman–Crippen MR) is 104 cm³/mol. The van der Waals surface area contributed by atoms with Gasteiger partial charge in [-0.2, -0.15) is 0 Å². The summed E-state index contributed by atoms with van der Waals surface area (Å²) in [6.45, 7) is 5.61. The first-order chi connectivity index (χ1) is 12.5. The highest BCUT2D eigenvalue weighted by Gasteiger charge is 2.28. The van der Waals surface area contributed by atoms with Gasteiger partial charge in [0.15, 0.2) is 0 Å². The second-order valence-corrected chi connectivity index (χ2v) is 7.47. The van der Waals surface area contributed by atoms with E-state index in [1.807, 2.05) is 19.1 Å². The van der Waals surface area contributed by atoms with Crippen molar-refractivity contribution in [3.05, 3.63) is 24.3 Å². The highest BCUT2D eigenvalue weighted by Crippen LogP contribution is 2.23. The SMILES string of the molecule is CC(C(=O)Nc1ccc(N2CCCCC2)cc1)N1CCC(C(N)=O)CC1. The van der Waals surface area contributed by atoms with Gasteiger partial charge in [0.25, 0.3) is 0 Å². The molecule has 0 aliphatic carbocycles. The summed E-state index contributed by atoms with van der Waals surface area (Å²) in [5.74, 6) is -0.285. The zero-order valence-corrected chi connectivity index (χ0v) is 15.6. The number of hydrogen-bond donors (Lipinski definition) is 2. The summed E-state index contributed by atoms with van der Waals surface area (Å²) in [6, 6.07) is 7.92. The number of rotatable bonds is 5. The first-order valence-corrected chi connectivity index (χ1v) is 9.74. The molecule has 1 unspecified atom stereocenters. The van der Waals surface area contributed by atoms with Crippen LogP contribution >= 0.6 is 0 Å². The number of carbonyl (C=O) groups is 2. The Morgan fingerprint density at radius 2 is 1.65 bits per heavy atom. The minimum Gasteiger partial charge on any atom is -0.372 e. The van der Waals surface area contributed by atoms with Crippen LogP contribution in [0.3, 0.4) is 0 Å². The van der Waals surface area contributed by atoms with Crippen LogP contribution in [-0.2, 0) is 9.59 Å². The van der Waals surface area contributed by atoms with Crippen molar-refractivity contribution in [2.45, 2.75) is 45.1 Å². The van der Waals surface area contributed by atoms with Crippen molar-refractivity contribution in [1.82, 2.24) is 4.90 Å². The molecule has 0 spiro atoms. The number of piperidine rings is 2. The molecule has 2 fully saturated rings. The van der Waals surface area contributed by atoms with Crippen LogP contribution in [0.1, 0.15) is 39.0 Å². The Balaban J connectivity index is 1.51. The van der Waals surface area contributed by atoms with Gasteiger partial charge < -0.3 is 16.0 Å². The van der Waals surface area contributed by atoms with E-state index in [0.717, 1.165) is 44.7 Å². The summed E-state index contributed by atoms with van der Waals surface area (Å²) in [6.07, 6.45) is 5.29. The number of anilines is 2. The fourth-order valence-electron chi connectivity index (χ4n) is 3.89. The lowest BCUT2D eigenvalue weighted by Gasteiger charge is -2.34. The molecule has 2 saturated heterocycles. The lowest BCUT2D eigenvalue weighted by molar-refractivity contribution is -0.124. The third-order valence-electron chi connectivity index (χ3n) is 5.72. The second kappa shape index (κ2) is 8.54. The van der Waals surface area contributed by atoms with Crippen molar-refractivity contribution < 1.29 is 9.59 Å². The van der Waals surface area contributed by atoms with E-state index in [1.165, 1.54) is 24.9 Å². The largest absolute Gasteiger partial charge is 0.372 e. The van der Waals surface area contributed by atoms with E-state index in [-0.39, 0.29) is 23.8 Å². The molecule has 0 saturated carbocycles. The minimum absolute atomic E-state index is 0.00625. The van der Waals surface area contributed by atoms with Crippen molar-refractivity contribution in [1.29, 1.82) is 0 Å². The summed E-state index contributed by atoms with van der Waals surface area (Å²) in [5, 5.41) is 3.01. The Kier molecular flexibility index (Phi) is 6.14. The zero-order chi connectivity index (χ0) is 18.5. The molecule has 6 nitrogen and oxygen atoms in total. The Hall–Kier alpha value is -2.08. The molecular formula is C20H30N4O2. The van der Waals surface area contributed by atoms with E-state index < -0.39 is 0 Å². The maximum Gasteiger partial charge on any atom is 0.241 e. The normalized spacial score (nSPS) is 20.6. The quantitative estimate of drug-likeness (QED) is 0.846. The third-order valence-corrected chi connectivity index (χ3v) is 5.72. The van der Waals surface area contributed by atoms with Crippen molar-refractivity contribution in [2.75, 3.05) is 36.4 Å². The summed E-state index contributed by atoms with van der Waals surface area (Å²) in [7, 11) is 0. The Labute approximate surface area is 155 Å². The van der Waals surface area contributed by atoms with Gasteiger partial charge in [0.05, 0.1) is 6.04 Å². The molecule has 1 aromatic rings. The molecule has 26 heavy (non-hydrogen) atoms. The van der Waals surface area contributed by atoms with Crippen LogP contribution in [0.5, 0.6) is 0 Å². The number of carbonyl (C=O) groups excluding carboxylic acids is 2. The van der Waals surface area contributed by atoms with Crippen LogP contribution in [0.25, 0.3) is 0 Å². The van der Waals surface area contributed by atoms with Gasteiger partial charge in [-0.3, -0.25) is 14.5 Å². The van der Waals surface area contributed by atoms with E-state index in [2.05, 4.69) is 27.2 Å². The van der Waals surface area contributed by atoms with E-state index in [9.17, 15) is 9.59 Å². The smallest absolute Gasteiger partial charge is 0.241 e. The Morgan fingerprint density at radius 3 is 2.23 bits per heavy atom. The zero-order valence-electron chi connectivity index (χ0n) is 15.6. The van der Waals surface area contributed by atoms with Gasteiger partial charge >= 0.3 is 0 Å². The van der Waals surface area contributed by atoms with Gasteiger partial charge in [-0.05, 0) is 76.4 Å². The molecule has 0 radical (unpaired) electrons. The van der Waals surface area contributed by atoms with Gasteiger partial charge in [-0.1, -0.05) is 0 Å². The first-order valence-electron chi connectivity index (χ1n) is 9.74. The number of nitrogens with one attached hydrogen (secondary N) is 1. The molecular weight excluding hydrogens is 328 g/mol. The predicted octanol–water partition coefficient (Wildman–Crippen LogP) is 2.20.